The lowest BCUT2D eigenvalue weighted by atomic mass is 9.87. The Hall–Kier alpha value is -4.41. The fraction of sp³-hybridized carbons (Fsp3) is 0.192. The van der Waals surface area contributed by atoms with E-state index in [-0.39, 0.29) is 43.0 Å². The number of halogens is 4. The lowest BCUT2D eigenvalue weighted by Gasteiger charge is -2.34. The first-order valence-electron chi connectivity index (χ1n) is 11.5. The van der Waals surface area contributed by atoms with Gasteiger partial charge in [-0.25, -0.2) is 22.5 Å². The standard InChI is InChI=1S/C26H19F4N5O2/c27-14-2-4-19(29)13(7-14)11-34-6-5-26(25(34)37)18-3-1-15(28)8-17(18)24(36)35(26)12-16-9-21-22(32-16)10-20(30)23(31)33-21/h1-4,7-10,32H,5-6,11-12H2,(H2,31,33)/t26-/m0/s1. The van der Waals surface area contributed by atoms with Gasteiger partial charge in [-0.3, -0.25) is 9.59 Å². The van der Waals surface area contributed by atoms with Gasteiger partial charge in [-0.1, -0.05) is 6.07 Å². The molecule has 2 aromatic heterocycles. The number of likely N-dealkylation sites (tertiary alicyclic amines) is 1. The van der Waals surface area contributed by atoms with Crippen LogP contribution >= 0.6 is 0 Å². The fourth-order valence-corrected chi connectivity index (χ4v) is 5.37. The number of nitrogen functional groups attached to an aromatic ring is 1. The molecule has 4 aromatic rings. The van der Waals surface area contributed by atoms with Crippen LogP contribution in [0.25, 0.3) is 11.0 Å². The number of pyridine rings is 1. The van der Waals surface area contributed by atoms with Gasteiger partial charge in [-0.05, 0) is 36.4 Å². The van der Waals surface area contributed by atoms with Gasteiger partial charge in [0.2, 0.25) is 0 Å². The van der Waals surface area contributed by atoms with Crippen LogP contribution in [0.1, 0.15) is 33.6 Å². The number of nitrogens with zero attached hydrogens (tertiary/aromatic N) is 3. The van der Waals surface area contributed by atoms with Crippen molar-refractivity contribution in [1.29, 1.82) is 0 Å². The molecule has 11 heteroatoms. The van der Waals surface area contributed by atoms with Crippen LogP contribution in [-0.2, 0) is 23.4 Å². The van der Waals surface area contributed by atoms with Crippen molar-refractivity contribution in [2.75, 3.05) is 12.3 Å². The number of aromatic amines is 1. The van der Waals surface area contributed by atoms with Gasteiger partial charge in [0, 0.05) is 48.0 Å². The van der Waals surface area contributed by atoms with Crippen molar-refractivity contribution in [2.45, 2.75) is 25.0 Å². The number of amides is 2. The van der Waals surface area contributed by atoms with E-state index in [2.05, 4.69) is 9.97 Å². The van der Waals surface area contributed by atoms with Gasteiger partial charge in [0.15, 0.2) is 11.6 Å². The molecular weight excluding hydrogens is 490 g/mol. The molecule has 7 nitrogen and oxygen atoms in total. The molecule has 1 atom stereocenters. The number of carbonyl (C=O) groups excluding carboxylic acids is 2. The van der Waals surface area contributed by atoms with E-state index in [4.69, 9.17) is 5.73 Å². The zero-order chi connectivity index (χ0) is 26.1. The summed E-state index contributed by atoms with van der Waals surface area (Å²) in [5, 5.41) is 0. The summed E-state index contributed by atoms with van der Waals surface area (Å²) in [6, 6.07) is 9.46. The number of carbonyl (C=O) groups is 2. The zero-order valence-electron chi connectivity index (χ0n) is 19.2. The first-order chi connectivity index (χ1) is 17.7. The Morgan fingerprint density at radius 3 is 2.51 bits per heavy atom. The van der Waals surface area contributed by atoms with Gasteiger partial charge < -0.3 is 20.5 Å². The third-order valence-electron chi connectivity index (χ3n) is 7.08. The Morgan fingerprint density at radius 2 is 1.70 bits per heavy atom. The summed E-state index contributed by atoms with van der Waals surface area (Å²) in [5.74, 6) is -3.95. The second-order valence-corrected chi connectivity index (χ2v) is 9.24. The number of fused-ring (bicyclic) bond motifs is 3. The molecule has 3 N–H and O–H groups in total. The molecule has 0 unspecified atom stereocenters. The SMILES string of the molecule is Nc1nc2cc(CN3C(=O)c4cc(F)ccc4[C@]34CCN(Cc3cc(F)ccc3F)C4=O)[nH]c2cc1F. The average molecular weight is 509 g/mol. The summed E-state index contributed by atoms with van der Waals surface area (Å²) < 4.78 is 56.1. The maximum Gasteiger partial charge on any atom is 0.255 e. The smallest absolute Gasteiger partial charge is 0.255 e. The molecule has 2 amide bonds. The van der Waals surface area contributed by atoms with Crippen LogP contribution in [0.15, 0.2) is 48.5 Å². The van der Waals surface area contributed by atoms with Crippen LogP contribution in [0, 0.1) is 23.3 Å². The first kappa shape index (κ1) is 23.0. The molecule has 6 rings (SSSR count). The zero-order valence-corrected chi connectivity index (χ0v) is 19.2. The van der Waals surface area contributed by atoms with E-state index < -0.39 is 40.6 Å². The number of anilines is 1. The van der Waals surface area contributed by atoms with Crippen molar-refractivity contribution in [1.82, 2.24) is 19.8 Å². The van der Waals surface area contributed by atoms with E-state index >= 15 is 0 Å². The van der Waals surface area contributed by atoms with Crippen LogP contribution in [0.5, 0.6) is 0 Å². The Morgan fingerprint density at radius 1 is 0.946 bits per heavy atom. The highest BCUT2D eigenvalue weighted by atomic mass is 19.1. The topological polar surface area (TPSA) is 95.3 Å². The summed E-state index contributed by atoms with van der Waals surface area (Å²) in [5.41, 5.74) is 5.67. The Bertz CT molecular complexity index is 1580. The summed E-state index contributed by atoms with van der Waals surface area (Å²) in [6.07, 6.45) is 0.160. The highest BCUT2D eigenvalue weighted by Gasteiger charge is 2.59. The van der Waals surface area contributed by atoms with Crippen molar-refractivity contribution in [3.05, 3.63) is 94.2 Å². The Labute approximate surface area is 207 Å². The predicted octanol–water partition coefficient (Wildman–Crippen LogP) is 3.99. The van der Waals surface area contributed by atoms with Crippen molar-refractivity contribution >= 4 is 28.7 Å². The lowest BCUT2D eigenvalue weighted by molar-refractivity contribution is -0.137. The number of nitrogens with one attached hydrogen (secondary N) is 1. The lowest BCUT2D eigenvalue weighted by Crippen LogP contribution is -2.49. The molecule has 2 aliphatic heterocycles. The molecule has 1 fully saturated rings. The number of nitrogens with two attached hydrogens (primary N) is 1. The molecule has 1 saturated heterocycles. The van der Waals surface area contributed by atoms with E-state index in [0.717, 1.165) is 24.3 Å². The third-order valence-corrected chi connectivity index (χ3v) is 7.08. The van der Waals surface area contributed by atoms with Crippen LogP contribution in [0.2, 0.25) is 0 Å². The minimum absolute atomic E-state index is 0.00177. The maximum absolute atomic E-state index is 14.3. The Kier molecular flexibility index (Phi) is 5.01. The summed E-state index contributed by atoms with van der Waals surface area (Å²) in [7, 11) is 0. The minimum Gasteiger partial charge on any atom is -0.381 e. The van der Waals surface area contributed by atoms with Gasteiger partial charge in [0.25, 0.3) is 11.8 Å². The van der Waals surface area contributed by atoms with E-state index in [9.17, 15) is 27.2 Å². The van der Waals surface area contributed by atoms with E-state index in [0.29, 0.717) is 22.3 Å². The normalized spacial score (nSPS) is 19.0. The molecule has 2 aromatic carbocycles. The minimum atomic E-state index is -1.47. The highest BCUT2D eigenvalue weighted by Crippen LogP contribution is 2.47. The third kappa shape index (κ3) is 3.45. The van der Waals surface area contributed by atoms with E-state index in [1.807, 2.05) is 0 Å². The molecule has 0 radical (unpaired) electrons. The summed E-state index contributed by atoms with van der Waals surface area (Å²) in [6.45, 7) is -0.135. The predicted molar refractivity (Wildman–Crippen MR) is 125 cm³/mol. The van der Waals surface area contributed by atoms with Crippen molar-refractivity contribution in [3.63, 3.8) is 0 Å². The monoisotopic (exact) mass is 509 g/mol. The van der Waals surface area contributed by atoms with Crippen molar-refractivity contribution < 1.29 is 27.2 Å². The van der Waals surface area contributed by atoms with Crippen LogP contribution in [0.4, 0.5) is 23.4 Å². The number of H-pyrrole nitrogens is 1. The van der Waals surface area contributed by atoms with Gasteiger partial charge in [-0.2, -0.15) is 0 Å². The first-order valence-corrected chi connectivity index (χ1v) is 11.5. The van der Waals surface area contributed by atoms with Gasteiger partial charge in [0.05, 0.1) is 17.6 Å². The second-order valence-electron chi connectivity index (χ2n) is 9.24. The van der Waals surface area contributed by atoms with Crippen molar-refractivity contribution in [3.8, 4) is 0 Å². The molecule has 1 spiro atoms. The van der Waals surface area contributed by atoms with Crippen LogP contribution < -0.4 is 5.73 Å². The maximum atomic E-state index is 14.3. The molecule has 4 heterocycles. The van der Waals surface area contributed by atoms with E-state index in [1.165, 1.54) is 28.0 Å². The molecule has 37 heavy (non-hydrogen) atoms. The Balaban J connectivity index is 1.41. The summed E-state index contributed by atoms with van der Waals surface area (Å²) >= 11 is 0. The number of rotatable bonds is 4. The quantitative estimate of drug-likeness (QED) is 0.407. The van der Waals surface area contributed by atoms with Gasteiger partial charge >= 0.3 is 0 Å². The number of benzene rings is 2. The highest BCUT2D eigenvalue weighted by molar-refractivity contribution is 6.07. The van der Waals surface area contributed by atoms with Crippen molar-refractivity contribution in [2.24, 2.45) is 0 Å². The van der Waals surface area contributed by atoms with Crippen LogP contribution in [0.3, 0.4) is 0 Å². The number of hydrogen-bond acceptors (Lipinski definition) is 4. The molecule has 188 valence electrons. The summed E-state index contributed by atoms with van der Waals surface area (Å²) in [4.78, 5) is 37.1. The number of hydrogen-bond donors (Lipinski definition) is 2. The second kappa shape index (κ2) is 8.05. The average Bonchev–Trinajstić information content (AvgIpc) is 3.46. The molecule has 0 saturated carbocycles. The fourth-order valence-electron chi connectivity index (χ4n) is 5.37. The number of aromatic nitrogens is 2. The van der Waals surface area contributed by atoms with Crippen LogP contribution in [-0.4, -0.2) is 38.1 Å². The molecule has 2 aliphatic rings. The molecule has 0 bridgehead atoms. The molecular formula is C26H19F4N5O2. The van der Waals surface area contributed by atoms with Gasteiger partial charge in [-0.15, -0.1) is 0 Å². The van der Waals surface area contributed by atoms with Gasteiger partial charge in [0.1, 0.15) is 23.0 Å². The molecule has 0 aliphatic carbocycles. The largest absolute Gasteiger partial charge is 0.381 e. The van der Waals surface area contributed by atoms with E-state index in [1.54, 1.807) is 6.07 Å².